The van der Waals surface area contributed by atoms with E-state index in [-0.39, 0.29) is 12.3 Å². The number of nitrogens with one attached hydrogen (secondary N) is 2. The topological polar surface area (TPSA) is 88.5 Å². The molecule has 1 saturated carbocycles. The number of carbonyl (C=O) groups is 1. The molecule has 118 valence electrons. The van der Waals surface area contributed by atoms with Gasteiger partial charge < -0.3 is 5.32 Å². The average molecular weight is 328 g/mol. The van der Waals surface area contributed by atoms with E-state index in [0.29, 0.717) is 11.7 Å². The number of H-pyrrole nitrogens is 1. The Morgan fingerprint density at radius 2 is 2.35 bits per heavy atom. The Balaban J connectivity index is 1.39. The number of aromatic nitrogens is 5. The molecule has 7 nitrogen and oxygen atoms in total. The minimum atomic E-state index is -0.103. The van der Waals surface area contributed by atoms with Crippen molar-refractivity contribution in [3.8, 4) is 5.13 Å². The van der Waals surface area contributed by atoms with E-state index in [4.69, 9.17) is 0 Å². The molecule has 0 saturated heterocycles. The molecule has 4 rings (SSSR count). The predicted molar refractivity (Wildman–Crippen MR) is 86.9 cm³/mol. The van der Waals surface area contributed by atoms with Crippen LogP contribution in [0.4, 0.5) is 5.82 Å². The van der Waals surface area contributed by atoms with Crippen molar-refractivity contribution in [2.45, 2.75) is 32.1 Å². The lowest BCUT2D eigenvalue weighted by Gasteiger charge is -1.99. The van der Waals surface area contributed by atoms with E-state index in [0.717, 1.165) is 21.3 Å². The normalized spacial score (nSPS) is 14.1. The Labute approximate surface area is 136 Å². The number of hydrogen-bond donors (Lipinski definition) is 2. The van der Waals surface area contributed by atoms with Gasteiger partial charge in [0, 0.05) is 34.9 Å². The summed E-state index contributed by atoms with van der Waals surface area (Å²) in [5, 5.41) is 15.0. The van der Waals surface area contributed by atoms with Crippen LogP contribution in [0.25, 0.3) is 5.13 Å². The molecular weight excluding hydrogens is 312 g/mol. The number of rotatable bonds is 5. The van der Waals surface area contributed by atoms with Crippen LogP contribution in [-0.4, -0.2) is 30.9 Å². The van der Waals surface area contributed by atoms with Crippen molar-refractivity contribution in [3.63, 3.8) is 0 Å². The van der Waals surface area contributed by atoms with Crippen LogP contribution in [0, 0.1) is 6.92 Å². The van der Waals surface area contributed by atoms with E-state index >= 15 is 0 Å². The second-order valence-corrected chi connectivity index (χ2v) is 6.97. The Bertz CT molecular complexity index is 844. The number of hydrogen-bond acceptors (Lipinski definition) is 5. The van der Waals surface area contributed by atoms with Crippen LogP contribution in [0.1, 0.15) is 34.9 Å². The lowest BCUT2D eigenvalue weighted by atomic mass is 10.2. The molecule has 0 aromatic carbocycles. The first-order valence-electron chi connectivity index (χ1n) is 7.49. The highest BCUT2D eigenvalue weighted by Gasteiger charge is 2.25. The van der Waals surface area contributed by atoms with Crippen LogP contribution >= 0.6 is 11.3 Å². The maximum Gasteiger partial charge on any atom is 0.230 e. The molecular formula is C15H16N6OS. The van der Waals surface area contributed by atoms with Crippen molar-refractivity contribution < 1.29 is 4.79 Å². The highest BCUT2D eigenvalue weighted by Crippen LogP contribution is 2.39. The van der Waals surface area contributed by atoms with Crippen LogP contribution in [0.15, 0.2) is 24.7 Å². The average Bonchev–Trinajstić information content (AvgIpc) is 2.91. The van der Waals surface area contributed by atoms with Crippen molar-refractivity contribution in [2.24, 2.45) is 0 Å². The second kappa shape index (κ2) is 5.62. The highest BCUT2D eigenvalue weighted by atomic mass is 32.1. The smallest absolute Gasteiger partial charge is 0.230 e. The van der Waals surface area contributed by atoms with Crippen molar-refractivity contribution in [1.82, 2.24) is 25.0 Å². The zero-order valence-corrected chi connectivity index (χ0v) is 13.4. The monoisotopic (exact) mass is 328 g/mol. The van der Waals surface area contributed by atoms with Crippen LogP contribution in [-0.2, 0) is 11.2 Å². The van der Waals surface area contributed by atoms with E-state index in [9.17, 15) is 4.79 Å². The third-order valence-corrected chi connectivity index (χ3v) is 4.59. The second-order valence-electron chi connectivity index (χ2n) is 5.75. The summed E-state index contributed by atoms with van der Waals surface area (Å²) in [6, 6.07) is 1.91. The molecule has 0 radical (unpaired) electrons. The molecule has 3 heterocycles. The van der Waals surface area contributed by atoms with E-state index in [2.05, 4.69) is 25.6 Å². The largest absolute Gasteiger partial charge is 0.309 e. The van der Waals surface area contributed by atoms with Gasteiger partial charge in [-0.25, -0.2) is 9.67 Å². The molecule has 1 aliphatic rings. The van der Waals surface area contributed by atoms with Gasteiger partial charge in [-0.1, -0.05) is 0 Å². The van der Waals surface area contributed by atoms with E-state index in [1.807, 2.05) is 25.4 Å². The van der Waals surface area contributed by atoms with Crippen LogP contribution in [0.2, 0.25) is 0 Å². The van der Waals surface area contributed by atoms with Crippen molar-refractivity contribution in [1.29, 1.82) is 0 Å². The van der Waals surface area contributed by atoms with Gasteiger partial charge in [0.05, 0.1) is 12.6 Å². The first kappa shape index (κ1) is 14.1. The molecule has 8 heteroatoms. The van der Waals surface area contributed by atoms with Gasteiger partial charge in [-0.15, -0.1) is 11.3 Å². The first-order chi connectivity index (χ1) is 11.2. The number of thiazole rings is 1. The molecule has 3 aromatic rings. The Kier molecular flexibility index (Phi) is 3.45. The number of aromatic amines is 1. The minimum absolute atomic E-state index is 0.103. The third kappa shape index (κ3) is 3.16. The summed E-state index contributed by atoms with van der Waals surface area (Å²) in [6.45, 7) is 2.00. The van der Waals surface area contributed by atoms with Crippen molar-refractivity contribution in [2.75, 3.05) is 5.32 Å². The van der Waals surface area contributed by atoms with Gasteiger partial charge in [-0.05, 0) is 25.3 Å². The fraction of sp³-hybridized carbons (Fsp3) is 0.333. The summed E-state index contributed by atoms with van der Waals surface area (Å²) < 4.78 is 1.69. The van der Waals surface area contributed by atoms with Gasteiger partial charge in [-0.3, -0.25) is 9.89 Å². The molecule has 3 aromatic heterocycles. The highest BCUT2D eigenvalue weighted by molar-refractivity contribution is 7.13. The van der Waals surface area contributed by atoms with Crippen molar-refractivity contribution >= 4 is 23.1 Å². The molecule has 0 unspecified atom stereocenters. The summed E-state index contributed by atoms with van der Waals surface area (Å²) in [5.41, 5.74) is 1.94. The summed E-state index contributed by atoms with van der Waals surface area (Å²) in [7, 11) is 0. The number of carbonyl (C=O) groups excluding carboxylic acids is 1. The molecule has 0 spiro atoms. The standard InChI is InChI=1S/C15H16N6OS/c1-9-6-16-15(23-9)21-8-10(7-17-21)4-14(22)18-13-5-12(19-20-13)11-2-3-11/h5-8,11H,2-4H2,1H3,(H2,18,19,20,22). The molecule has 2 N–H and O–H groups in total. The van der Waals surface area contributed by atoms with Crippen LogP contribution in [0.5, 0.6) is 0 Å². The number of anilines is 1. The van der Waals surface area contributed by atoms with Gasteiger partial charge >= 0.3 is 0 Å². The summed E-state index contributed by atoms with van der Waals surface area (Å²) >= 11 is 1.56. The predicted octanol–water partition coefficient (Wildman–Crippen LogP) is 2.42. The van der Waals surface area contributed by atoms with E-state index < -0.39 is 0 Å². The SMILES string of the molecule is Cc1cnc(-n2cc(CC(=O)Nc3cc(C4CC4)[nH]n3)cn2)s1. The van der Waals surface area contributed by atoms with Gasteiger partial charge in [0.25, 0.3) is 0 Å². The van der Waals surface area contributed by atoms with Crippen LogP contribution < -0.4 is 5.32 Å². The summed E-state index contributed by atoms with van der Waals surface area (Å²) in [6.07, 6.45) is 7.99. The quantitative estimate of drug-likeness (QED) is 0.753. The molecule has 0 aliphatic heterocycles. The minimum Gasteiger partial charge on any atom is -0.309 e. The Hall–Kier alpha value is -2.48. The van der Waals surface area contributed by atoms with Gasteiger partial charge in [-0.2, -0.15) is 10.2 Å². The lowest BCUT2D eigenvalue weighted by Crippen LogP contribution is -2.14. The van der Waals surface area contributed by atoms with E-state index in [1.54, 1.807) is 22.2 Å². The fourth-order valence-corrected chi connectivity index (χ4v) is 3.07. The molecule has 1 amide bonds. The van der Waals surface area contributed by atoms with Crippen molar-refractivity contribution in [3.05, 3.63) is 40.8 Å². The maximum absolute atomic E-state index is 12.1. The van der Waals surface area contributed by atoms with Gasteiger partial charge in [0.2, 0.25) is 11.0 Å². The third-order valence-electron chi connectivity index (χ3n) is 3.69. The Morgan fingerprint density at radius 3 is 3.09 bits per heavy atom. The number of aryl methyl sites for hydroxylation is 1. The maximum atomic E-state index is 12.1. The molecule has 1 aliphatic carbocycles. The summed E-state index contributed by atoms with van der Waals surface area (Å²) in [5.74, 6) is 1.07. The van der Waals surface area contributed by atoms with Crippen LogP contribution in [0.3, 0.4) is 0 Å². The zero-order chi connectivity index (χ0) is 15.8. The van der Waals surface area contributed by atoms with E-state index in [1.165, 1.54) is 12.8 Å². The van der Waals surface area contributed by atoms with Gasteiger partial charge in [0.15, 0.2) is 5.82 Å². The molecule has 23 heavy (non-hydrogen) atoms. The van der Waals surface area contributed by atoms with Gasteiger partial charge in [0.1, 0.15) is 0 Å². The lowest BCUT2D eigenvalue weighted by molar-refractivity contribution is -0.115. The number of amides is 1. The first-order valence-corrected chi connectivity index (χ1v) is 8.30. The molecule has 0 atom stereocenters. The zero-order valence-electron chi connectivity index (χ0n) is 12.6. The Morgan fingerprint density at radius 1 is 1.48 bits per heavy atom. The number of nitrogens with zero attached hydrogens (tertiary/aromatic N) is 4. The fourth-order valence-electron chi connectivity index (χ4n) is 2.38. The summed E-state index contributed by atoms with van der Waals surface area (Å²) in [4.78, 5) is 17.5. The molecule has 1 fully saturated rings. The molecule has 0 bridgehead atoms.